The Bertz CT molecular complexity index is 1300. The number of benzene rings is 3. The molecule has 0 spiro atoms. The fourth-order valence-electron chi connectivity index (χ4n) is 3.55. The number of nitrogens with one attached hydrogen (secondary N) is 1. The van der Waals surface area contributed by atoms with Crippen LogP contribution >= 0.6 is 11.8 Å². The molecule has 0 aliphatic heterocycles. The largest absolute Gasteiger partial charge is 0.494 e. The van der Waals surface area contributed by atoms with Crippen molar-refractivity contribution in [3.05, 3.63) is 95.8 Å². The number of hydrogen-bond acceptors (Lipinski definition) is 6. The van der Waals surface area contributed by atoms with E-state index in [9.17, 15) is 9.59 Å². The SMILES string of the molecule is CCOc1ccc(-n2c(Cc3ccccc3)nnc2SCC(=O)Nc2cccc(C(C)=O)c2)cc1. The highest BCUT2D eigenvalue weighted by atomic mass is 32.2. The third-order valence-corrected chi connectivity index (χ3v) is 6.13. The monoisotopic (exact) mass is 486 g/mol. The number of carbonyl (C=O) groups excluding carboxylic acids is 2. The first-order valence-corrected chi connectivity index (χ1v) is 12.3. The molecule has 4 rings (SSSR count). The number of rotatable bonds is 10. The summed E-state index contributed by atoms with van der Waals surface area (Å²) in [6.45, 7) is 4.04. The summed E-state index contributed by atoms with van der Waals surface area (Å²) in [6, 6.07) is 24.7. The minimum absolute atomic E-state index is 0.0510. The van der Waals surface area contributed by atoms with Crippen LogP contribution in [0.5, 0.6) is 5.75 Å². The lowest BCUT2D eigenvalue weighted by Gasteiger charge is -2.12. The molecule has 0 unspecified atom stereocenters. The van der Waals surface area contributed by atoms with Gasteiger partial charge in [-0.05, 0) is 55.8 Å². The van der Waals surface area contributed by atoms with Gasteiger partial charge in [0.15, 0.2) is 10.9 Å². The van der Waals surface area contributed by atoms with E-state index in [1.54, 1.807) is 24.3 Å². The minimum Gasteiger partial charge on any atom is -0.494 e. The van der Waals surface area contributed by atoms with Crippen LogP contribution in [0, 0.1) is 0 Å². The second-order valence-corrected chi connectivity index (χ2v) is 8.74. The van der Waals surface area contributed by atoms with E-state index in [2.05, 4.69) is 15.5 Å². The third kappa shape index (κ3) is 6.36. The van der Waals surface area contributed by atoms with Crippen LogP contribution in [0.2, 0.25) is 0 Å². The zero-order chi connectivity index (χ0) is 24.6. The average Bonchev–Trinajstić information content (AvgIpc) is 3.26. The van der Waals surface area contributed by atoms with Crippen molar-refractivity contribution in [2.45, 2.75) is 25.4 Å². The van der Waals surface area contributed by atoms with Crippen molar-refractivity contribution in [1.29, 1.82) is 0 Å². The second-order valence-electron chi connectivity index (χ2n) is 7.80. The quantitative estimate of drug-likeness (QED) is 0.245. The summed E-state index contributed by atoms with van der Waals surface area (Å²) in [4.78, 5) is 24.3. The Labute approximate surface area is 208 Å². The van der Waals surface area contributed by atoms with Crippen molar-refractivity contribution in [1.82, 2.24) is 14.8 Å². The molecule has 3 aromatic carbocycles. The zero-order valence-corrected chi connectivity index (χ0v) is 20.4. The van der Waals surface area contributed by atoms with Crippen LogP contribution in [0.3, 0.4) is 0 Å². The van der Waals surface area contributed by atoms with E-state index in [4.69, 9.17) is 4.74 Å². The smallest absolute Gasteiger partial charge is 0.234 e. The summed E-state index contributed by atoms with van der Waals surface area (Å²) in [7, 11) is 0. The molecule has 0 aliphatic carbocycles. The highest BCUT2D eigenvalue weighted by molar-refractivity contribution is 7.99. The molecule has 8 heteroatoms. The van der Waals surface area contributed by atoms with Gasteiger partial charge in [-0.1, -0.05) is 54.2 Å². The van der Waals surface area contributed by atoms with Crippen molar-refractivity contribution < 1.29 is 14.3 Å². The van der Waals surface area contributed by atoms with Crippen molar-refractivity contribution in [3.63, 3.8) is 0 Å². The summed E-state index contributed by atoms with van der Waals surface area (Å²) < 4.78 is 7.54. The van der Waals surface area contributed by atoms with Crippen LogP contribution in [0.1, 0.15) is 35.6 Å². The first-order chi connectivity index (χ1) is 17.0. The number of aromatic nitrogens is 3. The minimum atomic E-state index is -0.193. The maximum absolute atomic E-state index is 12.6. The van der Waals surface area contributed by atoms with E-state index in [0.29, 0.717) is 29.4 Å². The van der Waals surface area contributed by atoms with Crippen LogP contribution in [0.25, 0.3) is 5.69 Å². The Morgan fingerprint density at radius 1 is 0.971 bits per heavy atom. The molecule has 1 N–H and O–H groups in total. The summed E-state index contributed by atoms with van der Waals surface area (Å²) in [5.41, 5.74) is 3.14. The van der Waals surface area contributed by atoms with Gasteiger partial charge in [0.2, 0.25) is 5.91 Å². The maximum atomic E-state index is 12.6. The highest BCUT2D eigenvalue weighted by Gasteiger charge is 2.17. The van der Waals surface area contributed by atoms with Crippen LogP contribution in [-0.2, 0) is 11.2 Å². The summed E-state index contributed by atoms with van der Waals surface area (Å²) in [6.07, 6.45) is 0.603. The van der Waals surface area contributed by atoms with Gasteiger partial charge in [0.25, 0.3) is 0 Å². The molecule has 4 aromatic rings. The third-order valence-electron chi connectivity index (χ3n) is 5.20. The number of thioether (sulfide) groups is 1. The number of anilines is 1. The first-order valence-electron chi connectivity index (χ1n) is 11.3. The van der Waals surface area contributed by atoms with Gasteiger partial charge >= 0.3 is 0 Å². The van der Waals surface area contributed by atoms with E-state index in [-0.39, 0.29) is 17.4 Å². The Balaban J connectivity index is 1.54. The van der Waals surface area contributed by atoms with Gasteiger partial charge in [-0.2, -0.15) is 0 Å². The summed E-state index contributed by atoms with van der Waals surface area (Å²) in [5, 5.41) is 12.3. The number of carbonyl (C=O) groups is 2. The van der Waals surface area contributed by atoms with Gasteiger partial charge in [-0.15, -0.1) is 10.2 Å². The predicted octanol–water partition coefficient (Wildman–Crippen LogP) is 5.19. The Hall–Kier alpha value is -3.91. The van der Waals surface area contributed by atoms with E-state index in [0.717, 1.165) is 22.8 Å². The standard InChI is InChI=1S/C27H26N4O3S/c1-3-34-24-14-12-23(13-15-24)31-25(16-20-8-5-4-6-9-20)29-30-27(31)35-18-26(33)28-22-11-7-10-21(17-22)19(2)32/h4-15,17H,3,16,18H2,1-2H3,(H,28,33). The molecule has 1 heterocycles. The molecular formula is C27H26N4O3S. The van der Waals surface area contributed by atoms with Crippen LogP contribution in [0.15, 0.2) is 84.0 Å². The Morgan fingerprint density at radius 3 is 2.46 bits per heavy atom. The Kier molecular flexibility index (Phi) is 7.95. The van der Waals surface area contributed by atoms with E-state index >= 15 is 0 Å². The first kappa shape index (κ1) is 24.2. The normalized spacial score (nSPS) is 10.7. The summed E-state index contributed by atoms with van der Waals surface area (Å²) >= 11 is 1.30. The van der Waals surface area contributed by atoms with Crippen molar-refractivity contribution in [3.8, 4) is 11.4 Å². The predicted molar refractivity (Wildman–Crippen MR) is 138 cm³/mol. The number of Topliss-reactive ketones (excluding diaryl/α,β-unsaturated/α-hetero) is 1. The molecule has 0 saturated carbocycles. The van der Waals surface area contributed by atoms with Crippen LogP contribution in [0.4, 0.5) is 5.69 Å². The lowest BCUT2D eigenvalue weighted by Crippen LogP contribution is -2.15. The van der Waals surface area contributed by atoms with Gasteiger partial charge in [-0.25, -0.2) is 0 Å². The topological polar surface area (TPSA) is 86.1 Å². The number of nitrogens with zero attached hydrogens (tertiary/aromatic N) is 3. The fraction of sp³-hybridized carbons (Fsp3) is 0.185. The van der Waals surface area contributed by atoms with Gasteiger partial charge < -0.3 is 10.1 Å². The lowest BCUT2D eigenvalue weighted by atomic mass is 10.1. The van der Waals surface area contributed by atoms with Crippen molar-refractivity contribution >= 4 is 29.1 Å². The molecule has 0 saturated heterocycles. The van der Waals surface area contributed by atoms with E-state index in [1.165, 1.54) is 18.7 Å². The molecule has 1 aromatic heterocycles. The molecular weight excluding hydrogens is 460 g/mol. The lowest BCUT2D eigenvalue weighted by molar-refractivity contribution is -0.113. The zero-order valence-electron chi connectivity index (χ0n) is 19.6. The Morgan fingerprint density at radius 2 is 1.74 bits per heavy atom. The molecule has 178 valence electrons. The van der Waals surface area contributed by atoms with Gasteiger partial charge in [-0.3, -0.25) is 14.2 Å². The van der Waals surface area contributed by atoms with Gasteiger partial charge in [0, 0.05) is 23.4 Å². The molecule has 0 aliphatic rings. The van der Waals surface area contributed by atoms with Crippen molar-refractivity contribution in [2.24, 2.45) is 0 Å². The second kappa shape index (κ2) is 11.5. The number of ketones is 1. The van der Waals surface area contributed by atoms with Crippen LogP contribution < -0.4 is 10.1 Å². The molecule has 0 bridgehead atoms. The number of ether oxygens (including phenoxy) is 1. The highest BCUT2D eigenvalue weighted by Crippen LogP contribution is 2.25. The molecule has 1 amide bonds. The number of amides is 1. The molecule has 0 radical (unpaired) electrons. The average molecular weight is 487 g/mol. The van der Waals surface area contributed by atoms with E-state index in [1.807, 2.05) is 66.1 Å². The van der Waals surface area contributed by atoms with E-state index < -0.39 is 0 Å². The number of hydrogen-bond donors (Lipinski definition) is 1. The molecule has 0 atom stereocenters. The van der Waals surface area contributed by atoms with Gasteiger partial charge in [0.1, 0.15) is 11.6 Å². The van der Waals surface area contributed by atoms with Crippen molar-refractivity contribution in [2.75, 3.05) is 17.7 Å². The molecule has 0 fully saturated rings. The fourth-order valence-corrected chi connectivity index (χ4v) is 4.32. The molecule has 7 nitrogen and oxygen atoms in total. The van der Waals surface area contributed by atoms with Gasteiger partial charge in [0.05, 0.1) is 12.4 Å². The summed E-state index contributed by atoms with van der Waals surface area (Å²) in [5.74, 6) is 1.46. The van der Waals surface area contributed by atoms with Crippen LogP contribution in [-0.4, -0.2) is 38.8 Å². The molecule has 35 heavy (non-hydrogen) atoms. The maximum Gasteiger partial charge on any atom is 0.234 e.